The maximum absolute atomic E-state index is 13.0. The van der Waals surface area contributed by atoms with E-state index in [1.165, 1.54) is 12.1 Å². The van der Waals surface area contributed by atoms with Crippen LogP contribution in [0.15, 0.2) is 22.7 Å². The lowest BCUT2D eigenvalue weighted by Gasteiger charge is -2.19. The van der Waals surface area contributed by atoms with E-state index in [0.717, 1.165) is 5.56 Å². The molecule has 1 aromatic carbocycles. The Morgan fingerprint density at radius 1 is 1.50 bits per heavy atom. The number of nitrogens with one attached hydrogen (secondary N) is 1. The normalized spacial score (nSPS) is 22.9. The fraction of sp³-hybridized carbons (Fsp3) is 0.538. The summed E-state index contributed by atoms with van der Waals surface area (Å²) in [6, 6.07) is 4.53. The maximum Gasteiger partial charge on any atom is 0.150 e. The van der Waals surface area contributed by atoms with Crippen molar-refractivity contribution in [2.75, 3.05) is 11.5 Å². The molecule has 0 aromatic heterocycles. The molecule has 1 aliphatic rings. The second-order valence-electron chi connectivity index (χ2n) is 5.31. The molecule has 0 saturated carbocycles. The zero-order valence-corrected chi connectivity index (χ0v) is 13.4. The van der Waals surface area contributed by atoms with Gasteiger partial charge in [-0.05, 0) is 42.9 Å². The van der Waals surface area contributed by atoms with Crippen LogP contribution in [0, 0.1) is 11.7 Å². The van der Waals surface area contributed by atoms with Crippen LogP contribution >= 0.6 is 15.9 Å². The van der Waals surface area contributed by atoms with E-state index in [2.05, 4.69) is 21.4 Å². The third-order valence-electron chi connectivity index (χ3n) is 3.66. The second kappa shape index (κ2) is 6.51. The first-order chi connectivity index (χ1) is 9.39. The zero-order chi connectivity index (χ0) is 14.8. The van der Waals surface area contributed by atoms with Gasteiger partial charge in [-0.25, -0.2) is 12.8 Å². The summed E-state index contributed by atoms with van der Waals surface area (Å²) < 4.78 is 36.7. The minimum atomic E-state index is -2.86. The molecule has 1 heterocycles. The number of sulfone groups is 1. The van der Waals surface area contributed by atoms with Crippen molar-refractivity contribution in [2.24, 2.45) is 11.8 Å². The summed E-state index contributed by atoms with van der Waals surface area (Å²) in [5, 5.41) is 0. The van der Waals surface area contributed by atoms with Crippen LogP contribution in [0.3, 0.4) is 0 Å². The molecule has 1 saturated heterocycles. The van der Waals surface area contributed by atoms with Gasteiger partial charge >= 0.3 is 0 Å². The Morgan fingerprint density at radius 3 is 2.80 bits per heavy atom. The highest BCUT2D eigenvalue weighted by atomic mass is 79.9. The van der Waals surface area contributed by atoms with Gasteiger partial charge in [0.2, 0.25) is 0 Å². The molecule has 1 fully saturated rings. The van der Waals surface area contributed by atoms with Gasteiger partial charge in [0.1, 0.15) is 5.82 Å². The number of hydrogen-bond acceptors (Lipinski definition) is 4. The molecule has 3 N–H and O–H groups in total. The molecule has 2 atom stereocenters. The van der Waals surface area contributed by atoms with Crippen molar-refractivity contribution in [3.8, 4) is 0 Å². The van der Waals surface area contributed by atoms with Crippen LogP contribution in [-0.4, -0.2) is 26.0 Å². The predicted molar refractivity (Wildman–Crippen MR) is 80.3 cm³/mol. The van der Waals surface area contributed by atoms with Crippen LogP contribution in [0.1, 0.15) is 18.4 Å². The third kappa shape index (κ3) is 4.25. The van der Waals surface area contributed by atoms with Gasteiger partial charge in [-0.2, -0.15) is 0 Å². The van der Waals surface area contributed by atoms with Crippen LogP contribution in [-0.2, 0) is 16.3 Å². The molecule has 0 aliphatic carbocycles. The molecule has 112 valence electrons. The molecule has 2 rings (SSSR count). The molecule has 0 spiro atoms. The van der Waals surface area contributed by atoms with Crippen molar-refractivity contribution in [1.82, 2.24) is 5.43 Å². The Balaban J connectivity index is 1.99. The first kappa shape index (κ1) is 15.9. The number of hydrazine groups is 1. The minimum absolute atomic E-state index is 0.0185. The number of rotatable bonds is 5. The summed E-state index contributed by atoms with van der Waals surface area (Å²) in [6.45, 7) is 0. The average Bonchev–Trinajstić information content (AvgIpc) is 2.71. The molecule has 20 heavy (non-hydrogen) atoms. The topological polar surface area (TPSA) is 72.2 Å². The smallest absolute Gasteiger partial charge is 0.150 e. The van der Waals surface area contributed by atoms with Crippen LogP contribution in [0.4, 0.5) is 4.39 Å². The minimum Gasteiger partial charge on any atom is -0.271 e. The SMILES string of the molecule is NNC(Cc1ccc(F)cc1Br)CC1CCS(=O)(=O)C1. The lowest BCUT2D eigenvalue weighted by molar-refractivity contribution is 0.408. The first-order valence-corrected chi connectivity index (χ1v) is 9.11. The number of benzene rings is 1. The molecule has 0 bridgehead atoms. The van der Waals surface area contributed by atoms with Crippen molar-refractivity contribution in [3.63, 3.8) is 0 Å². The maximum atomic E-state index is 13.0. The second-order valence-corrected chi connectivity index (χ2v) is 8.39. The van der Waals surface area contributed by atoms with E-state index in [0.29, 0.717) is 23.7 Å². The van der Waals surface area contributed by atoms with Crippen molar-refractivity contribution in [3.05, 3.63) is 34.1 Å². The monoisotopic (exact) mass is 364 g/mol. The van der Waals surface area contributed by atoms with Gasteiger partial charge in [-0.1, -0.05) is 22.0 Å². The van der Waals surface area contributed by atoms with Crippen molar-refractivity contribution in [1.29, 1.82) is 0 Å². The van der Waals surface area contributed by atoms with E-state index in [1.807, 2.05) is 0 Å². The lowest BCUT2D eigenvalue weighted by Crippen LogP contribution is -2.38. The Bertz CT molecular complexity index is 580. The Kier molecular flexibility index (Phi) is 5.17. The Morgan fingerprint density at radius 2 is 2.25 bits per heavy atom. The standard InChI is InChI=1S/C13H18BrFN2O2S/c14-13-7-11(15)2-1-10(13)6-12(17-16)5-9-3-4-20(18,19)8-9/h1-2,7,9,12,17H,3-6,8,16H2. The summed E-state index contributed by atoms with van der Waals surface area (Å²) in [6.07, 6.45) is 2.04. The highest BCUT2D eigenvalue weighted by Gasteiger charge is 2.29. The molecule has 0 radical (unpaired) electrons. The van der Waals surface area contributed by atoms with Gasteiger partial charge < -0.3 is 0 Å². The Hall–Kier alpha value is -0.500. The lowest BCUT2D eigenvalue weighted by atomic mass is 9.95. The summed E-state index contributed by atoms with van der Waals surface area (Å²) in [4.78, 5) is 0. The van der Waals surface area contributed by atoms with E-state index in [9.17, 15) is 12.8 Å². The van der Waals surface area contributed by atoms with Crippen LogP contribution < -0.4 is 11.3 Å². The van der Waals surface area contributed by atoms with Crippen LogP contribution in [0.25, 0.3) is 0 Å². The van der Waals surface area contributed by atoms with Crippen molar-refractivity contribution >= 4 is 25.8 Å². The molecule has 7 heteroatoms. The zero-order valence-electron chi connectivity index (χ0n) is 11.0. The van der Waals surface area contributed by atoms with Crippen molar-refractivity contribution < 1.29 is 12.8 Å². The summed E-state index contributed by atoms with van der Waals surface area (Å²) in [5.41, 5.74) is 3.69. The van der Waals surface area contributed by atoms with Crippen LogP contribution in [0.2, 0.25) is 0 Å². The molecular formula is C13H18BrFN2O2S. The largest absolute Gasteiger partial charge is 0.271 e. The molecular weight excluding hydrogens is 347 g/mol. The van der Waals surface area contributed by atoms with Gasteiger partial charge in [-0.15, -0.1) is 0 Å². The van der Waals surface area contributed by atoms with Crippen molar-refractivity contribution in [2.45, 2.75) is 25.3 Å². The van der Waals surface area contributed by atoms with Gasteiger partial charge in [0.15, 0.2) is 9.84 Å². The average molecular weight is 365 g/mol. The van der Waals surface area contributed by atoms with E-state index in [1.54, 1.807) is 6.07 Å². The highest BCUT2D eigenvalue weighted by Crippen LogP contribution is 2.25. The Labute approximate surface area is 126 Å². The predicted octanol–water partition coefficient (Wildman–Crippen LogP) is 1.79. The van der Waals surface area contributed by atoms with Crippen LogP contribution in [0.5, 0.6) is 0 Å². The fourth-order valence-corrected chi connectivity index (χ4v) is 5.02. The van der Waals surface area contributed by atoms with Gasteiger partial charge in [-0.3, -0.25) is 11.3 Å². The molecule has 2 unspecified atom stereocenters. The molecule has 0 amide bonds. The van der Waals surface area contributed by atoms with E-state index in [-0.39, 0.29) is 29.3 Å². The quantitative estimate of drug-likeness (QED) is 0.617. The molecule has 1 aromatic rings. The third-order valence-corrected chi connectivity index (χ3v) is 6.24. The fourth-order valence-electron chi connectivity index (χ4n) is 2.62. The number of hydrogen-bond donors (Lipinski definition) is 2. The van der Waals surface area contributed by atoms with Gasteiger partial charge in [0.25, 0.3) is 0 Å². The molecule has 4 nitrogen and oxygen atoms in total. The van der Waals surface area contributed by atoms with Gasteiger partial charge in [0.05, 0.1) is 11.5 Å². The van der Waals surface area contributed by atoms with E-state index >= 15 is 0 Å². The summed E-state index contributed by atoms with van der Waals surface area (Å²) >= 11 is 3.33. The number of nitrogens with two attached hydrogens (primary N) is 1. The first-order valence-electron chi connectivity index (χ1n) is 6.50. The molecule has 1 aliphatic heterocycles. The van der Waals surface area contributed by atoms with Gasteiger partial charge in [0, 0.05) is 10.5 Å². The van der Waals surface area contributed by atoms with E-state index < -0.39 is 9.84 Å². The summed E-state index contributed by atoms with van der Waals surface area (Å²) in [7, 11) is -2.86. The van der Waals surface area contributed by atoms with E-state index in [4.69, 9.17) is 5.84 Å². The summed E-state index contributed by atoms with van der Waals surface area (Å²) in [5.74, 6) is 5.94. The highest BCUT2D eigenvalue weighted by molar-refractivity contribution is 9.10. The number of halogens is 2.